The van der Waals surface area contributed by atoms with Crippen LogP contribution in [0, 0.1) is 0 Å². The van der Waals surface area contributed by atoms with Gasteiger partial charge >= 0.3 is 0 Å². The van der Waals surface area contributed by atoms with Crippen molar-refractivity contribution in [3.63, 3.8) is 0 Å². The van der Waals surface area contributed by atoms with Crippen LogP contribution in [0.5, 0.6) is 11.5 Å². The van der Waals surface area contributed by atoms with E-state index in [1.54, 1.807) is 24.4 Å². The molecule has 1 heterocycles. The number of nitrogens with one attached hydrogen (secondary N) is 2. The molecule has 144 valence electrons. The van der Waals surface area contributed by atoms with Crippen molar-refractivity contribution in [3.05, 3.63) is 41.0 Å². The average Bonchev–Trinajstić information content (AvgIpc) is 2.70. The highest BCUT2D eigenvalue weighted by molar-refractivity contribution is 6.32. The lowest BCUT2D eigenvalue weighted by Crippen LogP contribution is -2.23. The summed E-state index contributed by atoms with van der Waals surface area (Å²) in [5.74, 6) is 1.43. The SMILES string of the molecule is COc1cc(NC(=O)c2ccc(NC3CCCCC3)nc2)c(OC)cc1Cl. The molecule has 1 saturated carbocycles. The molecule has 0 atom stereocenters. The molecule has 0 radical (unpaired) electrons. The molecular weight excluding hydrogens is 366 g/mol. The molecule has 0 spiro atoms. The molecule has 0 aliphatic heterocycles. The molecule has 0 saturated heterocycles. The van der Waals surface area contributed by atoms with Crippen LogP contribution in [-0.2, 0) is 0 Å². The highest BCUT2D eigenvalue weighted by atomic mass is 35.5. The molecule has 0 bridgehead atoms. The van der Waals surface area contributed by atoms with Gasteiger partial charge in [0.1, 0.15) is 17.3 Å². The summed E-state index contributed by atoms with van der Waals surface area (Å²) < 4.78 is 10.5. The summed E-state index contributed by atoms with van der Waals surface area (Å²) in [4.78, 5) is 16.9. The van der Waals surface area contributed by atoms with E-state index in [-0.39, 0.29) is 5.91 Å². The predicted octanol–water partition coefficient (Wildman–Crippen LogP) is 4.75. The molecule has 1 amide bonds. The second kappa shape index (κ2) is 8.95. The van der Waals surface area contributed by atoms with Crippen molar-refractivity contribution in [2.24, 2.45) is 0 Å². The fourth-order valence-electron chi connectivity index (χ4n) is 3.22. The van der Waals surface area contributed by atoms with Gasteiger partial charge in [-0.25, -0.2) is 4.98 Å². The van der Waals surface area contributed by atoms with Gasteiger partial charge in [-0.2, -0.15) is 0 Å². The molecule has 7 heteroatoms. The van der Waals surface area contributed by atoms with E-state index in [9.17, 15) is 4.79 Å². The number of amides is 1. The number of methoxy groups -OCH3 is 2. The number of aromatic nitrogens is 1. The van der Waals surface area contributed by atoms with Gasteiger partial charge in [-0.15, -0.1) is 0 Å². The average molecular weight is 390 g/mol. The van der Waals surface area contributed by atoms with Crippen LogP contribution in [-0.4, -0.2) is 31.2 Å². The van der Waals surface area contributed by atoms with Gasteiger partial charge < -0.3 is 20.1 Å². The lowest BCUT2D eigenvalue weighted by Gasteiger charge is -2.23. The minimum Gasteiger partial charge on any atom is -0.495 e. The van der Waals surface area contributed by atoms with E-state index >= 15 is 0 Å². The zero-order chi connectivity index (χ0) is 19.2. The number of rotatable bonds is 6. The van der Waals surface area contributed by atoms with Gasteiger partial charge in [-0.1, -0.05) is 30.9 Å². The van der Waals surface area contributed by atoms with E-state index in [2.05, 4.69) is 15.6 Å². The van der Waals surface area contributed by atoms with Crippen molar-refractivity contribution >= 4 is 29.0 Å². The number of carbonyl (C=O) groups is 1. The normalized spacial score (nSPS) is 14.5. The number of hydrogen-bond acceptors (Lipinski definition) is 5. The number of anilines is 2. The fraction of sp³-hybridized carbons (Fsp3) is 0.400. The van der Waals surface area contributed by atoms with E-state index in [1.807, 2.05) is 6.07 Å². The quantitative estimate of drug-likeness (QED) is 0.745. The van der Waals surface area contributed by atoms with Crippen LogP contribution in [0.15, 0.2) is 30.5 Å². The lowest BCUT2D eigenvalue weighted by molar-refractivity contribution is 0.102. The summed E-state index contributed by atoms with van der Waals surface area (Å²) in [6.07, 6.45) is 7.73. The number of ether oxygens (including phenoxy) is 2. The van der Waals surface area contributed by atoms with E-state index in [0.29, 0.717) is 33.8 Å². The first-order valence-electron chi connectivity index (χ1n) is 9.06. The summed E-state index contributed by atoms with van der Waals surface area (Å²) >= 11 is 6.10. The third-order valence-electron chi connectivity index (χ3n) is 4.70. The monoisotopic (exact) mass is 389 g/mol. The number of pyridine rings is 1. The van der Waals surface area contributed by atoms with Crippen molar-refractivity contribution in [1.29, 1.82) is 0 Å². The minimum absolute atomic E-state index is 0.283. The Morgan fingerprint density at radius 1 is 1.11 bits per heavy atom. The van der Waals surface area contributed by atoms with Crippen LogP contribution in [0.2, 0.25) is 5.02 Å². The third kappa shape index (κ3) is 4.83. The molecule has 1 aromatic heterocycles. The molecule has 2 N–H and O–H groups in total. The van der Waals surface area contributed by atoms with Crippen molar-refractivity contribution in [2.45, 2.75) is 38.1 Å². The van der Waals surface area contributed by atoms with Gasteiger partial charge in [0.05, 0.1) is 30.5 Å². The summed E-state index contributed by atoms with van der Waals surface area (Å²) in [7, 11) is 3.03. The smallest absolute Gasteiger partial charge is 0.257 e. The van der Waals surface area contributed by atoms with Gasteiger partial charge in [0.25, 0.3) is 5.91 Å². The second-order valence-electron chi connectivity index (χ2n) is 6.55. The lowest BCUT2D eigenvalue weighted by atomic mass is 9.95. The van der Waals surface area contributed by atoms with Gasteiger partial charge in [0, 0.05) is 24.4 Å². The second-order valence-corrected chi connectivity index (χ2v) is 6.96. The van der Waals surface area contributed by atoms with Crippen LogP contribution >= 0.6 is 11.6 Å². The number of benzene rings is 1. The van der Waals surface area contributed by atoms with Gasteiger partial charge in [-0.05, 0) is 25.0 Å². The third-order valence-corrected chi connectivity index (χ3v) is 5.00. The maximum atomic E-state index is 12.6. The Morgan fingerprint density at radius 2 is 1.85 bits per heavy atom. The molecule has 6 nitrogen and oxygen atoms in total. The highest BCUT2D eigenvalue weighted by Crippen LogP contribution is 2.36. The van der Waals surface area contributed by atoms with Crippen LogP contribution in [0.3, 0.4) is 0 Å². The van der Waals surface area contributed by atoms with E-state index in [4.69, 9.17) is 21.1 Å². The van der Waals surface area contributed by atoms with Crippen LogP contribution in [0.1, 0.15) is 42.5 Å². The van der Waals surface area contributed by atoms with Gasteiger partial charge in [0.15, 0.2) is 0 Å². The molecule has 2 aromatic rings. The molecule has 0 unspecified atom stereocenters. The van der Waals surface area contributed by atoms with Gasteiger partial charge in [0.2, 0.25) is 0 Å². The number of hydrogen-bond donors (Lipinski definition) is 2. The van der Waals surface area contributed by atoms with E-state index in [0.717, 1.165) is 5.82 Å². The summed E-state index contributed by atoms with van der Waals surface area (Å²) in [6.45, 7) is 0. The Bertz CT molecular complexity index is 790. The maximum Gasteiger partial charge on any atom is 0.257 e. The standard InChI is InChI=1S/C20H24ClN3O3/c1-26-17-11-16(18(27-2)10-15(17)21)24-20(25)13-8-9-19(22-12-13)23-14-6-4-3-5-7-14/h8-12,14H,3-7H2,1-2H3,(H,22,23)(H,24,25). The maximum absolute atomic E-state index is 12.6. The minimum atomic E-state index is -0.283. The van der Waals surface area contributed by atoms with Crippen LogP contribution in [0.4, 0.5) is 11.5 Å². The Morgan fingerprint density at radius 3 is 2.48 bits per heavy atom. The Kier molecular flexibility index (Phi) is 6.40. The molecule has 1 aliphatic carbocycles. The first kappa shape index (κ1) is 19.3. The number of halogens is 1. The molecule has 1 aliphatic rings. The summed E-state index contributed by atoms with van der Waals surface area (Å²) in [6, 6.07) is 7.30. The Balaban J connectivity index is 1.69. The van der Waals surface area contributed by atoms with Crippen LogP contribution in [0.25, 0.3) is 0 Å². The van der Waals surface area contributed by atoms with Crippen molar-refractivity contribution in [2.75, 3.05) is 24.9 Å². The van der Waals surface area contributed by atoms with Gasteiger partial charge in [-0.3, -0.25) is 4.79 Å². The Labute approximate surface area is 164 Å². The molecule has 1 fully saturated rings. The largest absolute Gasteiger partial charge is 0.495 e. The fourth-order valence-corrected chi connectivity index (χ4v) is 3.45. The van der Waals surface area contributed by atoms with Crippen molar-refractivity contribution < 1.29 is 14.3 Å². The summed E-state index contributed by atoms with van der Waals surface area (Å²) in [5, 5.41) is 6.67. The number of nitrogens with zero attached hydrogens (tertiary/aromatic N) is 1. The number of carbonyl (C=O) groups excluding carboxylic acids is 1. The molecule has 27 heavy (non-hydrogen) atoms. The molecule has 3 rings (SSSR count). The molecule has 1 aromatic carbocycles. The highest BCUT2D eigenvalue weighted by Gasteiger charge is 2.16. The van der Waals surface area contributed by atoms with E-state index < -0.39 is 0 Å². The first-order chi connectivity index (χ1) is 13.1. The predicted molar refractivity (Wildman–Crippen MR) is 107 cm³/mol. The molecular formula is C20H24ClN3O3. The zero-order valence-corrected chi connectivity index (χ0v) is 16.3. The van der Waals surface area contributed by atoms with Crippen molar-refractivity contribution in [3.8, 4) is 11.5 Å². The zero-order valence-electron chi connectivity index (χ0n) is 15.5. The van der Waals surface area contributed by atoms with E-state index in [1.165, 1.54) is 46.3 Å². The summed E-state index contributed by atoms with van der Waals surface area (Å²) in [5.41, 5.74) is 0.938. The topological polar surface area (TPSA) is 72.5 Å². The van der Waals surface area contributed by atoms with Crippen molar-refractivity contribution in [1.82, 2.24) is 4.98 Å². The first-order valence-corrected chi connectivity index (χ1v) is 9.44. The Hall–Kier alpha value is -2.47. The van der Waals surface area contributed by atoms with Crippen LogP contribution < -0.4 is 20.1 Å².